The van der Waals surface area contributed by atoms with Crippen LogP contribution in [-0.2, 0) is 19.8 Å². The quantitative estimate of drug-likeness (QED) is 0.226. The molecule has 0 spiro atoms. The summed E-state index contributed by atoms with van der Waals surface area (Å²) in [7, 11) is 0. The van der Waals surface area contributed by atoms with Crippen LogP contribution in [0.25, 0.3) is 6.08 Å². The van der Waals surface area contributed by atoms with Crippen LogP contribution in [0.4, 0.5) is 13.2 Å². The highest BCUT2D eigenvalue weighted by Gasteiger charge is 2.49. The fourth-order valence-corrected chi connectivity index (χ4v) is 3.80. The van der Waals surface area contributed by atoms with Crippen LogP contribution in [0.2, 0.25) is 5.02 Å². The first-order chi connectivity index (χ1) is 14.3. The molecule has 0 radical (unpaired) electrons. The largest absolute Gasteiger partial charge is 0.475 e. The van der Waals surface area contributed by atoms with Crippen LogP contribution in [0.3, 0.4) is 0 Å². The zero-order chi connectivity index (χ0) is 23.4. The maximum atomic E-state index is 13.6. The summed E-state index contributed by atoms with van der Waals surface area (Å²) in [6, 6.07) is 2.92. The van der Waals surface area contributed by atoms with Gasteiger partial charge in [0.2, 0.25) is 6.10 Å². The van der Waals surface area contributed by atoms with Gasteiger partial charge in [0.25, 0.3) is 5.09 Å². The second kappa shape index (κ2) is 9.99. The van der Waals surface area contributed by atoms with Gasteiger partial charge in [-0.1, -0.05) is 32.4 Å². The molecular formula is C19H21ClF3NO6S. The van der Waals surface area contributed by atoms with Crippen LogP contribution in [0, 0.1) is 10.1 Å². The first-order valence-electron chi connectivity index (χ1n) is 9.12. The molecule has 12 heteroatoms. The van der Waals surface area contributed by atoms with Crippen molar-refractivity contribution in [1.82, 2.24) is 0 Å². The molecule has 1 aromatic rings. The summed E-state index contributed by atoms with van der Waals surface area (Å²) >= 11 is 7.47. The summed E-state index contributed by atoms with van der Waals surface area (Å²) in [5, 5.41) is 9.44. The average Bonchev–Trinajstić information content (AvgIpc) is 2.63. The van der Waals surface area contributed by atoms with Crippen molar-refractivity contribution in [2.24, 2.45) is 0 Å². The molecule has 0 fully saturated rings. The lowest BCUT2D eigenvalue weighted by molar-refractivity contribution is -0.756. The summed E-state index contributed by atoms with van der Waals surface area (Å²) in [4.78, 5) is 26.5. The van der Waals surface area contributed by atoms with Crippen LogP contribution >= 0.6 is 23.4 Å². The highest BCUT2D eigenvalue weighted by molar-refractivity contribution is 7.99. The van der Waals surface area contributed by atoms with Gasteiger partial charge in [0.1, 0.15) is 19.0 Å². The van der Waals surface area contributed by atoms with E-state index in [4.69, 9.17) is 21.1 Å². The lowest BCUT2D eigenvalue weighted by Gasteiger charge is -2.30. The highest BCUT2D eigenvalue weighted by atomic mass is 35.5. The molecule has 0 aromatic heterocycles. The van der Waals surface area contributed by atoms with Crippen molar-refractivity contribution < 1.29 is 37.4 Å². The van der Waals surface area contributed by atoms with E-state index in [-0.39, 0.29) is 36.0 Å². The molecule has 0 saturated heterocycles. The zero-order valence-electron chi connectivity index (χ0n) is 17.0. The molecule has 0 bridgehead atoms. The molecule has 1 aliphatic heterocycles. The monoisotopic (exact) mass is 483 g/mol. The summed E-state index contributed by atoms with van der Waals surface area (Å²) in [6.07, 6.45) is -6.23. The summed E-state index contributed by atoms with van der Waals surface area (Å²) in [5.41, 5.74) is -0.238. The van der Waals surface area contributed by atoms with Gasteiger partial charge in [-0.15, -0.1) is 10.1 Å². The number of halogens is 4. The van der Waals surface area contributed by atoms with Gasteiger partial charge in [-0.05, 0) is 29.2 Å². The van der Waals surface area contributed by atoms with Crippen LogP contribution < -0.4 is 4.74 Å². The van der Waals surface area contributed by atoms with Gasteiger partial charge in [-0.2, -0.15) is 24.9 Å². The molecule has 1 aliphatic rings. The smallest absolute Gasteiger partial charge is 0.430 e. The summed E-state index contributed by atoms with van der Waals surface area (Å²) < 4.78 is 50.8. The second-order valence-electron chi connectivity index (χ2n) is 7.56. The van der Waals surface area contributed by atoms with Crippen molar-refractivity contribution in [3.8, 4) is 5.75 Å². The minimum Gasteiger partial charge on any atom is -0.475 e. The Balaban J connectivity index is 2.14. The lowest BCUT2D eigenvalue weighted by atomic mass is 9.85. The van der Waals surface area contributed by atoms with Gasteiger partial charge in [0.15, 0.2) is 0 Å². The van der Waals surface area contributed by atoms with E-state index in [1.807, 2.05) is 20.8 Å². The number of nitrogens with zero attached hydrogens (tertiary/aromatic N) is 1. The third-order valence-corrected chi connectivity index (χ3v) is 5.39. The topological polar surface area (TPSA) is 87.9 Å². The molecule has 7 nitrogen and oxygen atoms in total. The molecule has 2 rings (SSSR count). The summed E-state index contributed by atoms with van der Waals surface area (Å²) in [6.45, 7) is 5.27. The molecule has 0 saturated carbocycles. The number of esters is 1. The van der Waals surface area contributed by atoms with Crippen LogP contribution in [-0.4, -0.2) is 48.1 Å². The predicted octanol–water partition coefficient (Wildman–Crippen LogP) is 4.83. The Bertz CT molecular complexity index is 869. The van der Waals surface area contributed by atoms with Crippen molar-refractivity contribution in [3.63, 3.8) is 0 Å². The molecule has 1 aromatic carbocycles. The zero-order valence-corrected chi connectivity index (χ0v) is 18.5. The number of hydrogen-bond donors (Lipinski definition) is 0. The third-order valence-electron chi connectivity index (χ3n) is 4.16. The van der Waals surface area contributed by atoms with Crippen LogP contribution in [0.1, 0.15) is 31.9 Å². The van der Waals surface area contributed by atoms with E-state index in [1.165, 1.54) is 23.9 Å². The average molecular weight is 484 g/mol. The SMILES string of the molecule is CC(C)(C)c1cc2c(cc1Cl)C=C(C(=O)OCCSCCO[N+](=O)[O-])[C@@H](C(F)(F)F)O2. The Hall–Kier alpha value is -2.14. The van der Waals surface area contributed by atoms with E-state index in [1.54, 1.807) is 0 Å². The van der Waals surface area contributed by atoms with Gasteiger partial charge in [-0.3, -0.25) is 0 Å². The van der Waals surface area contributed by atoms with Gasteiger partial charge in [-0.25, -0.2) is 4.79 Å². The maximum Gasteiger partial charge on any atom is 0.430 e. The molecule has 1 heterocycles. The maximum absolute atomic E-state index is 13.6. The predicted molar refractivity (Wildman–Crippen MR) is 110 cm³/mol. The van der Waals surface area contributed by atoms with Gasteiger partial charge < -0.3 is 14.3 Å². The Morgan fingerprint density at radius 3 is 2.48 bits per heavy atom. The Kier molecular flexibility index (Phi) is 8.09. The van der Waals surface area contributed by atoms with Gasteiger partial charge in [0.05, 0.1) is 5.57 Å². The highest BCUT2D eigenvalue weighted by Crippen LogP contribution is 2.42. The molecule has 0 unspecified atom stereocenters. The molecule has 0 N–H and O–H groups in total. The van der Waals surface area contributed by atoms with Crippen LogP contribution in [0.15, 0.2) is 17.7 Å². The number of rotatable bonds is 8. The van der Waals surface area contributed by atoms with E-state index in [0.29, 0.717) is 10.6 Å². The molecule has 31 heavy (non-hydrogen) atoms. The fourth-order valence-electron chi connectivity index (χ4n) is 2.75. The lowest BCUT2D eigenvalue weighted by Crippen LogP contribution is -2.41. The fraction of sp³-hybridized carbons (Fsp3) is 0.526. The Labute approximate surface area is 186 Å². The second-order valence-corrected chi connectivity index (χ2v) is 9.20. The standard InChI is InChI=1S/C19H21ClF3NO6S/c1-18(2,3)13-10-15-11(9-14(13)20)8-12(16(30-15)19(21,22)23)17(25)28-4-6-31-7-5-29-24(26)27/h8-10,16H,4-7H2,1-3H3/t16-/m0/s1. The number of hydrogen-bond acceptors (Lipinski definition) is 7. The minimum absolute atomic E-state index is 0.0189. The van der Waals surface area contributed by atoms with E-state index >= 15 is 0 Å². The molecular weight excluding hydrogens is 463 g/mol. The summed E-state index contributed by atoms with van der Waals surface area (Å²) in [5.74, 6) is -0.687. The molecule has 0 amide bonds. The van der Waals surface area contributed by atoms with E-state index < -0.39 is 34.3 Å². The van der Waals surface area contributed by atoms with Gasteiger partial charge >= 0.3 is 12.1 Å². The number of thioether (sulfide) groups is 1. The third kappa shape index (κ3) is 6.93. The molecule has 0 aliphatic carbocycles. The number of fused-ring (bicyclic) bond motifs is 1. The van der Waals surface area contributed by atoms with E-state index in [9.17, 15) is 28.1 Å². The number of carbonyl (C=O) groups is 1. The Morgan fingerprint density at radius 2 is 1.90 bits per heavy atom. The van der Waals surface area contributed by atoms with Crippen molar-refractivity contribution in [3.05, 3.63) is 44.0 Å². The first-order valence-corrected chi connectivity index (χ1v) is 10.6. The molecule has 172 valence electrons. The minimum atomic E-state index is -4.83. The molecule has 1 atom stereocenters. The first kappa shape index (κ1) is 25.1. The van der Waals surface area contributed by atoms with Crippen molar-refractivity contribution in [2.75, 3.05) is 24.7 Å². The van der Waals surface area contributed by atoms with Crippen LogP contribution in [0.5, 0.6) is 5.75 Å². The number of alkyl halides is 3. The number of carbonyl (C=O) groups excluding carboxylic acids is 1. The van der Waals surface area contributed by atoms with Crippen molar-refractivity contribution >= 4 is 35.4 Å². The van der Waals surface area contributed by atoms with Crippen molar-refractivity contribution in [2.45, 2.75) is 38.5 Å². The van der Waals surface area contributed by atoms with Crippen molar-refractivity contribution in [1.29, 1.82) is 0 Å². The Morgan fingerprint density at radius 1 is 1.26 bits per heavy atom. The normalized spacial score (nSPS) is 16.1. The number of benzene rings is 1. The number of ether oxygens (including phenoxy) is 2. The van der Waals surface area contributed by atoms with Gasteiger partial charge in [0, 0.05) is 22.1 Å². The van der Waals surface area contributed by atoms with E-state index in [0.717, 1.165) is 6.08 Å². The van der Waals surface area contributed by atoms with E-state index in [2.05, 4.69) is 4.84 Å².